The highest BCUT2D eigenvalue weighted by Gasteiger charge is 2.17. The van der Waals surface area contributed by atoms with Gasteiger partial charge in [0.25, 0.3) is 11.5 Å². The van der Waals surface area contributed by atoms with Gasteiger partial charge in [-0.1, -0.05) is 59.6 Å². The van der Waals surface area contributed by atoms with Gasteiger partial charge in [-0.25, -0.2) is 10.4 Å². The lowest BCUT2D eigenvalue weighted by molar-refractivity contribution is -0.121. The molecule has 0 fully saturated rings. The van der Waals surface area contributed by atoms with Gasteiger partial charge in [-0.3, -0.25) is 14.2 Å². The Hall–Kier alpha value is -3.00. The number of hydrazone groups is 1. The van der Waals surface area contributed by atoms with Gasteiger partial charge >= 0.3 is 0 Å². The lowest BCUT2D eigenvalue weighted by atomic mass is 10.0. The highest BCUT2D eigenvalue weighted by atomic mass is 35.5. The summed E-state index contributed by atoms with van der Waals surface area (Å²) in [5, 5.41) is 5.25. The molecule has 6 nitrogen and oxygen atoms in total. The van der Waals surface area contributed by atoms with Gasteiger partial charge in [-0.15, -0.1) is 11.3 Å². The smallest absolute Gasteiger partial charge is 0.263 e. The Morgan fingerprint density at radius 1 is 1.19 bits per heavy atom. The van der Waals surface area contributed by atoms with Crippen molar-refractivity contribution in [3.8, 4) is 11.1 Å². The van der Waals surface area contributed by atoms with E-state index in [1.165, 1.54) is 28.4 Å². The zero-order valence-corrected chi connectivity index (χ0v) is 18.6. The number of hydrogen-bond donors (Lipinski definition) is 1. The predicted molar refractivity (Wildman–Crippen MR) is 126 cm³/mol. The second-order valence-electron chi connectivity index (χ2n) is 6.72. The molecule has 0 saturated heterocycles. The molecule has 31 heavy (non-hydrogen) atoms. The highest BCUT2D eigenvalue weighted by molar-refractivity contribution is 7.19. The second-order valence-corrected chi connectivity index (χ2v) is 8.74. The molecule has 4 rings (SSSR count). The van der Waals surface area contributed by atoms with Crippen molar-refractivity contribution in [2.45, 2.75) is 13.5 Å². The number of hydrogen-bond acceptors (Lipinski definition) is 5. The Morgan fingerprint density at radius 2 is 1.97 bits per heavy atom. The molecule has 1 amide bonds. The summed E-state index contributed by atoms with van der Waals surface area (Å²) < 4.78 is 1.28. The van der Waals surface area contributed by atoms with E-state index in [1.807, 2.05) is 37.3 Å². The van der Waals surface area contributed by atoms with E-state index < -0.39 is 5.91 Å². The van der Waals surface area contributed by atoms with Crippen molar-refractivity contribution in [3.63, 3.8) is 0 Å². The molecule has 0 aliphatic carbocycles. The van der Waals surface area contributed by atoms with E-state index in [0.29, 0.717) is 25.8 Å². The molecule has 0 spiro atoms. The molecule has 0 aliphatic rings. The number of halogens is 2. The van der Waals surface area contributed by atoms with E-state index in [2.05, 4.69) is 15.5 Å². The predicted octanol–water partition coefficient (Wildman–Crippen LogP) is 4.89. The first-order chi connectivity index (χ1) is 14.9. The van der Waals surface area contributed by atoms with E-state index in [1.54, 1.807) is 18.2 Å². The van der Waals surface area contributed by atoms with Crippen LogP contribution in [-0.2, 0) is 11.3 Å². The maximum Gasteiger partial charge on any atom is 0.263 e. The van der Waals surface area contributed by atoms with Gasteiger partial charge in [0, 0.05) is 10.4 Å². The maximum absolute atomic E-state index is 13.1. The third-order valence-corrected chi connectivity index (χ3v) is 6.33. The van der Waals surface area contributed by atoms with Crippen LogP contribution in [0.4, 0.5) is 0 Å². The number of carbonyl (C=O) groups excluding carboxylic acids is 1. The zero-order valence-electron chi connectivity index (χ0n) is 16.3. The first-order valence-electron chi connectivity index (χ1n) is 9.25. The minimum absolute atomic E-state index is 0.205. The molecule has 1 N–H and O–H groups in total. The van der Waals surface area contributed by atoms with Crippen molar-refractivity contribution in [1.29, 1.82) is 0 Å². The number of benzene rings is 2. The number of rotatable bonds is 5. The van der Waals surface area contributed by atoms with Crippen LogP contribution < -0.4 is 11.0 Å². The van der Waals surface area contributed by atoms with Crippen molar-refractivity contribution >= 4 is 56.9 Å². The molecule has 0 aliphatic heterocycles. The van der Waals surface area contributed by atoms with Gasteiger partial charge in [0.05, 0.1) is 28.0 Å². The fourth-order valence-corrected chi connectivity index (χ4v) is 4.47. The number of thiophene rings is 1. The second kappa shape index (κ2) is 9.01. The molecule has 0 atom stereocenters. The summed E-state index contributed by atoms with van der Waals surface area (Å²) in [5.74, 6) is -0.451. The SMILES string of the molecule is Cc1sc2ncn(CC(=O)NN=Cc3ccc(Cl)c(Cl)c3)c(=O)c2c1-c1ccccc1. The normalized spacial score (nSPS) is 11.3. The summed E-state index contributed by atoms with van der Waals surface area (Å²) in [7, 11) is 0. The van der Waals surface area contributed by atoms with Crippen LogP contribution in [0.25, 0.3) is 21.3 Å². The number of nitrogens with one attached hydrogen (secondary N) is 1. The van der Waals surface area contributed by atoms with Crippen molar-refractivity contribution in [2.24, 2.45) is 5.10 Å². The lowest BCUT2D eigenvalue weighted by Crippen LogP contribution is -2.30. The summed E-state index contributed by atoms with van der Waals surface area (Å²) >= 11 is 13.3. The van der Waals surface area contributed by atoms with Gasteiger partial charge < -0.3 is 0 Å². The molecular weight excluding hydrogens is 455 g/mol. The van der Waals surface area contributed by atoms with Crippen molar-refractivity contribution in [3.05, 3.63) is 85.7 Å². The van der Waals surface area contributed by atoms with E-state index in [4.69, 9.17) is 23.2 Å². The number of carbonyl (C=O) groups is 1. The summed E-state index contributed by atoms with van der Waals surface area (Å²) in [6.45, 7) is 1.76. The summed E-state index contributed by atoms with van der Waals surface area (Å²) in [6.07, 6.45) is 2.83. The van der Waals surface area contributed by atoms with Gasteiger partial charge in [0.1, 0.15) is 11.4 Å². The molecule has 0 bridgehead atoms. The quantitative estimate of drug-likeness (QED) is 0.333. The van der Waals surface area contributed by atoms with E-state index >= 15 is 0 Å². The van der Waals surface area contributed by atoms with E-state index in [-0.39, 0.29) is 12.1 Å². The Balaban J connectivity index is 1.56. The van der Waals surface area contributed by atoms with Crippen LogP contribution in [0.2, 0.25) is 10.0 Å². The summed E-state index contributed by atoms with van der Waals surface area (Å²) in [6, 6.07) is 14.7. The first-order valence-corrected chi connectivity index (χ1v) is 10.8. The highest BCUT2D eigenvalue weighted by Crippen LogP contribution is 2.35. The lowest BCUT2D eigenvalue weighted by Gasteiger charge is -2.06. The number of aryl methyl sites for hydroxylation is 1. The minimum Gasteiger partial charge on any atom is -0.289 e. The van der Waals surface area contributed by atoms with Crippen molar-refractivity contribution < 1.29 is 4.79 Å². The number of amides is 1. The number of aromatic nitrogens is 2. The molecule has 2 heterocycles. The first kappa shape index (κ1) is 21.2. The average molecular weight is 471 g/mol. The third kappa shape index (κ3) is 4.54. The third-order valence-electron chi connectivity index (χ3n) is 4.58. The van der Waals surface area contributed by atoms with Gasteiger partial charge in [0.15, 0.2) is 0 Å². The van der Waals surface area contributed by atoms with Crippen LogP contribution in [0, 0.1) is 6.92 Å². The van der Waals surface area contributed by atoms with Crippen LogP contribution in [0.15, 0.2) is 64.8 Å². The molecule has 156 valence electrons. The van der Waals surface area contributed by atoms with Crippen LogP contribution in [-0.4, -0.2) is 21.7 Å². The fraction of sp³-hybridized carbons (Fsp3) is 0.0909. The summed E-state index contributed by atoms with van der Waals surface area (Å²) in [4.78, 5) is 31.5. The molecular formula is C22H16Cl2N4O2S. The van der Waals surface area contributed by atoms with Crippen LogP contribution in [0.5, 0.6) is 0 Å². The number of nitrogens with zero attached hydrogens (tertiary/aromatic N) is 3. The van der Waals surface area contributed by atoms with Gasteiger partial charge in [-0.05, 0) is 30.2 Å². The standard InChI is InChI=1S/C22H16Cl2N4O2S/c1-13-19(15-5-3-2-4-6-15)20-21(31-13)25-12-28(22(20)30)11-18(29)27-26-10-14-7-8-16(23)17(24)9-14/h2-10,12H,11H2,1H3,(H,27,29). The Labute approximate surface area is 191 Å². The number of fused-ring (bicyclic) bond motifs is 1. The Morgan fingerprint density at radius 3 is 2.71 bits per heavy atom. The van der Waals surface area contributed by atoms with Crippen LogP contribution in [0.3, 0.4) is 0 Å². The van der Waals surface area contributed by atoms with Crippen LogP contribution in [0.1, 0.15) is 10.4 Å². The summed E-state index contributed by atoms with van der Waals surface area (Å²) in [5.41, 5.74) is 4.62. The molecule has 0 radical (unpaired) electrons. The minimum atomic E-state index is -0.451. The van der Waals surface area contributed by atoms with Crippen molar-refractivity contribution in [1.82, 2.24) is 15.0 Å². The van der Waals surface area contributed by atoms with E-state index in [9.17, 15) is 9.59 Å². The molecule has 0 unspecified atom stereocenters. The van der Waals surface area contributed by atoms with Gasteiger partial charge in [0.2, 0.25) is 0 Å². The zero-order chi connectivity index (χ0) is 22.0. The molecule has 2 aromatic carbocycles. The molecule has 2 aromatic heterocycles. The Bertz CT molecular complexity index is 1360. The fourth-order valence-electron chi connectivity index (χ4n) is 3.16. The molecule has 4 aromatic rings. The monoisotopic (exact) mass is 470 g/mol. The topological polar surface area (TPSA) is 76.3 Å². The Kier molecular flexibility index (Phi) is 6.18. The maximum atomic E-state index is 13.1. The van der Waals surface area contributed by atoms with E-state index in [0.717, 1.165) is 16.0 Å². The molecule has 9 heteroatoms. The largest absolute Gasteiger partial charge is 0.289 e. The average Bonchev–Trinajstić information content (AvgIpc) is 3.10. The van der Waals surface area contributed by atoms with Gasteiger partial charge in [-0.2, -0.15) is 5.10 Å². The van der Waals surface area contributed by atoms with Crippen molar-refractivity contribution in [2.75, 3.05) is 0 Å². The molecule has 0 saturated carbocycles. The van der Waals surface area contributed by atoms with Crippen LogP contribution >= 0.6 is 34.5 Å².